The first kappa shape index (κ1) is 13.6. The van der Waals surface area contributed by atoms with Crippen LogP contribution in [-0.2, 0) is 4.79 Å². The van der Waals surface area contributed by atoms with E-state index in [4.69, 9.17) is 11.6 Å². The maximum atomic E-state index is 13.3. The predicted molar refractivity (Wildman–Crippen MR) is 63.4 cm³/mol. The largest absolute Gasteiger partial charge is 0.356 e. The predicted octanol–water partition coefficient (Wildman–Crippen LogP) is 1.60. The van der Waals surface area contributed by atoms with E-state index in [0.29, 0.717) is 6.54 Å². The first-order valence-electron chi connectivity index (χ1n) is 5.27. The van der Waals surface area contributed by atoms with Gasteiger partial charge in [-0.15, -0.1) is 0 Å². The molecular formula is C10H14ClFN4O. The van der Waals surface area contributed by atoms with Crippen LogP contribution in [-0.4, -0.2) is 28.5 Å². The average molecular weight is 261 g/mol. The molecule has 1 atom stereocenters. The number of carbonyl (C=O) groups is 1. The molecule has 0 aliphatic rings. The van der Waals surface area contributed by atoms with Crippen molar-refractivity contribution in [3.8, 4) is 0 Å². The lowest BCUT2D eigenvalue weighted by Crippen LogP contribution is -2.38. The van der Waals surface area contributed by atoms with Gasteiger partial charge in [-0.1, -0.05) is 6.92 Å². The number of hydrogen-bond acceptors (Lipinski definition) is 4. The van der Waals surface area contributed by atoms with Crippen LogP contribution >= 0.6 is 11.6 Å². The molecular weight excluding hydrogens is 247 g/mol. The van der Waals surface area contributed by atoms with Crippen LogP contribution in [0.2, 0.25) is 5.28 Å². The molecule has 0 aliphatic heterocycles. The van der Waals surface area contributed by atoms with Crippen molar-refractivity contribution in [1.82, 2.24) is 15.3 Å². The number of aromatic nitrogens is 2. The van der Waals surface area contributed by atoms with Crippen LogP contribution in [0.25, 0.3) is 0 Å². The number of rotatable bonds is 5. The average Bonchev–Trinajstić information content (AvgIpc) is 2.30. The molecule has 0 radical (unpaired) electrons. The minimum Gasteiger partial charge on any atom is -0.356 e. The molecule has 2 N–H and O–H groups in total. The highest BCUT2D eigenvalue weighted by Gasteiger charge is 2.15. The molecule has 1 unspecified atom stereocenters. The lowest BCUT2D eigenvalue weighted by atomic mass is 10.3. The molecule has 0 bridgehead atoms. The second kappa shape index (κ2) is 6.34. The Labute approximate surface area is 104 Å². The molecule has 1 heterocycles. The van der Waals surface area contributed by atoms with Crippen molar-refractivity contribution in [3.05, 3.63) is 17.3 Å². The number of carbonyl (C=O) groups excluding carboxylic acids is 1. The molecule has 5 nitrogen and oxygen atoms in total. The van der Waals surface area contributed by atoms with Gasteiger partial charge in [0.2, 0.25) is 11.2 Å². The van der Waals surface area contributed by atoms with Gasteiger partial charge in [-0.05, 0) is 24.9 Å². The Morgan fingerprint density at radius 1 is 1.65 bits per heavy atom. The number of anilines is 1. The maximum absolute atomic E-state index is 13.3. The molecule has 0 spiro atoms. The number of amides is 1. The van der Waals surface area contributed by atoms with E-state index in [1.165, 1.54) is 0 Å². The van der Waals surface area contributed by atoms with Gasteiger partial charge in [-0.2, -0.15) is 4.98 Å². The SMILES string of the molecule is CCCNC(=O)C(C)Nc1nc(Cl)ncc1F. The van der Waals surface area contributed by atoms with Crippen molar-refractivity contribution >= 4 is 23.3 Å². The second-order valence-corrected chi connectivity index (χ2v) is 3.83. The van der Waals surface area contributed by atoms with E-state index in [0.717, 1.165) is 12.6 Å². The molecule has 94 valence electrons. The maximum Gasteiger partial charge on any atom is 0.242 e. The fourth-order valence-electron chi connectivity index (χ4n) is 1.12. The van der Waals surface area contributed by atoms with E-state index >= 15 is 0 Å². The normalized spacial score (nSPS) is 12.0. The van der Waals surface area contributed by atoms with Gasteiger partial charge in [-0.3, -0.25) is 4.79 Å². The molecule has 0 aromatic carbocycles. The smallest absolute Gasteiger partial charge is 0.242 e. The van der Waals surface area contributed by atoms with Crippen LogP contribution in [0.5, 0.6) is 0 Å². The monoisotopic (exact) mass is 260 g/mol. The zero-order valence-corrected chi connectivity index (χ0v) is 10.4. The van der Waals surface area contributed by atoms with Crippen LogP contribution < -0.4 is 10.6 Å². The van der Waals surface area contributed by atoms with Gasteiger partial charge >= 0.3 is 0 Å². The lowest BCUT2D eigenvalue weighted by Gasteiger charge is -2.14. The molecule has 1 aromatic heterocycles. The first-order valence-corrected chi connectivity index (χ1v) is 5.64. The topological polar surface area (TPSA) is 66.9 Å². The summed E-state index contributed by atoms with van der Waals surface area (Å²) in [4.78, 5) is 18.7. The van der Waals surface area contributed by atoms with Crippen LogP contribution in [0.15, 0.2) is 6.20 Å². The molecule has 0 fully saturated rings. The third kappa shape index (κ3) is 4.14. The fraction of sp³-hybridized carbons (Fsp3) is 0.500. The Hall–Kier alpha value is -1.43. The number of nitrogens with one attached hydrogen (secondary N) is 2. The van der Waals surface area contributed by atoms with Gasteiger partial charge in [0.15, 0.2) is 11.6 Å². The van der Waals surface area contributed by atoms with Crippen molar-refractivity contribution in [2.45, 2.75) is 26.3 Å². The highest BCUT2D eigenvalue weighted by Crippen LogP contribution is 2.12. The molecule has 0 aliphatic carbocycles. The quantitative estimate of drug-likeness (QED) is 0.789. The molecule has 17 heavy (non-hydrogen) atoms. The van der Waals surface area contributed by atoms with E-state index in [2.05, 4.69) is 20.6 Å². The third-order valence-electron chi connectivity index (χ3n) is 2.01. The fourth-order valence-corrected chi connectivity index (χ4v) is 1.25. The van der Waals surface area contributed by atoms with Crippen molar-refractivity contribution < 1.29 is 9.18 Å². The van der Waals surface area contributed by atoms with Crippen LogP contribution in [0.3, 0.4) is 0 Å². The van der Waals surface area contributed by atoms with Crippen molar-refractivity contribution in [1.29, 1.82) is 0 Å². The minimum atomic E-state index is -0.649. The van der Waals surface area contributed by atoms with Crippen molar-refractivity contribution in [3.63, 3.8) is 0 Å². The minimum absolute atomic E-state index is 0.0740. The van der Waals surface area contributed by atoms with Crippen LogP contribution in [0.4, 0.5) is 10.2 Å². The summed E-state index contributed by atoms with van der Waals surface area (Å²) in [5.41, 5.74) is 0. The van der Waals surface area contributed by atoms with Gasteiger partial charge in [0.25, 0.3) is 0 Å². The van der Waals surface area contributed by atoms with Crippen LogP contribution in [0.1, 0.15) is 20.3 Å². The Balaban J connectivity index is 2.64. The Kier molecular flexibility index (Phi) is 5.09. The lowest BCUT2D eigenvalue weighted by molar-refractivity contribution is -0.121. The standard InChI is InChI=1S/C10H14ClFN4O/c1-3-4-13-9(17)6(2)15-8-7(12)5-14-10(11)16-8/h5-6H,3-4H2,1-2H3,(H,13,17)(H,14,15,16). The summed E-state index contributed by atoms with van der Waals surface area (Å²) in [6.45, 7) is 4.14. The molecule has 0 saturated heterocycles. The van der Waals surface area contributed by atoms with E-state index in [1.54, 1.807) is 6.92 Å². The Bertz CT molecular complexity index is 402. The summed E-state index contributed by atoms with van der Waals surface area (Å²) >= 11 is 5.53. The van der Waals surface area contributed by atoms with E-state index in [9.17, 15) is 9.18 Å². The Morgan fingerprint density at radius 3 is 3.00 bits per heavy atom. The highest BCUT2D eigenvalue weighted by atomic mass is 35.5. The molecule has 7 heteroatoms. The molecule has 1 rings (SSSR count). The van der Waals surface area contributed by atoms with Gasteiger partial charge in [0.05, 0.1) is 6.20 Å². The van der Waals surface area contributed by atoms with Gasteiger partial charge in [0.1, 0.15) is 6.04 Å². The first-order chi connectivity index (χ1) is 8.04. The van der Waals surface area contributed by atoms with Gasteiger partial charge < -0.3 is 10.6 Å². The summed E-state index contributed by atoms with van der Waals surface area (Å²) < 4.78 is 13.3. The van der Waals surface area contributed by atoms with Gasteiger partial charge in [0, 0.05) is 6.54 Å². The summed E-state index contributed by atoms with van der Waals surface area (Å²) in [5.74, 6) is -0.949. The van der Waals surface area contributed by atoms with Gasteiger partial charge in [-0.25, -0.2) is 9.37 Å². The van der Waals surface area contributed by atoms with Crippen molar-refractivity contribution in [2.75, 3.05) is 11.9 Å². The number of halogens is 2. The van der Waals surface area contributed by atoms with E-state index in [-0.39, 0.29) is 17.0 Å². The Morgan fingerprint density at radius 2 is 2.35 bits per heavy atom. The number of hydrogen-bond donors (Lipinski definition) is 2. The second-order valence-electron chi connectivity index (χ2n) is 3.49. The molecule has 0 saturated carbocycles. The third-order valence-corrected chi connectivity index (χ3v) is 2.19. The van der Waals surface area contributed by atoms with Crippen molar-refractivity contribution in [2.24, 2.45) is 0 Å². The summed E-state index contributed by atoms with van der Waals surface area (Å²) in [6.07, 6.45) is 1.79. The number of nitrogens with zero attached hydrogens (tertiary/aromatic N) is 2. The summed E-state index contributed by atoms with van der Waals surface area (Å²) in [6, 6.07) is -0.595. The highest BCUT2D eigenvalue weighted by molar-refractivity contribution is 6.28. The zero-order valence-electron chi connectivity index (χ0n) is 9.63. The van der Waals surface area contributed by atoms with E-state index in [1.807, 2.05) is 6.92 Å². The zero-order chi connectivity index (χ0) is 12.8. The summed E-state index contributed by atoms with van der Waals surface area (Å²) in [7, 11) is 0. The van der Waals surface area contributed by atoms with E-state index < -0.39 is 11.9 Å². The summed E-state index contributed by atoms with van der Waals surface area (Å²) in [5, 5.41) is 5.25. The molecule has 1 amide bonds. The van der Waals surface area contributed by atoms with Crippen LogP contribution in [0, 0.1) is 5.82 Å². The molecule has 1 aromatic rings.